The van der Waals surface area contributed by atoms with Gasteiger partial charge in [0.05, 0.1) is 11.1 Å². The molecule has 0 unspecified atom stereocenters. The van der Waals surface area contributed by atoms with Gasteiger partial charge in [0.25, 0.3) is 0 Å². The lowest BCUT2D eigenvalue weighted by molar-refractivity contribution is 0.648. The van der Waals surface area contributed by atoms with Crippen molar-refractivity contribution in [3.05, 3.63) is 258 Å². The molecule has 2 aliphatic carbocycles. The van der Waals surface area contributed by atoms with Crippen LogP contribution < -0.4 is 4.90 Å². The highest BCUT2D eigenvalue weighted by Crippen LogP contribution is 2.58. The van der Waals surface area contributed by atoms with E-state index in [4.69, 9.17) is 4.42 Å². The van der Waals surface area contributed by atoms with Crippen molar-refractivity contribution in [2.24, 2.45) is 0 Å². The SMILES string of the molecule is CC1(C)c2ccccc2-c2ccc(N(c3ccc(-c4cccc5c4sc4ccccc45)cc3)c3cccc4c3oc3c(C5(c6ccccc6)c6ccccc6-c6ccccc65)cccc34)cc21. The third-order valence-corrected chi connectivity index (χ3v) is 16.2. The van der Waals surface area contributed by atoms with Crippen LogP contribution >= 0.6 is 11.3 Å². The van der Waals surface area contributed by atoms with Gasteiger partial charge in [0.2, 0.25) is 0 Å². The molecule has 0 saturated carbocycles. The minimum Gasteiger partial charge on any atom is -0.453 e. The Kier molecular flexibility index (Phi) is 8.15. The quantitative estimate of drug-likeness (QED) is 0.165. The highest BCUT2D eigenvalue weighted by atomic mass is 32.1. The fraction of sp³-hybridized carbons (Fsp3) is 0.0625. The van der Waals surface area contributed by atoms with E-state index in [9.17, 15) is 0 Å². The Morgan fingerprint density at radius 1 is 0.388 bits per heavy atom. The van der Waals surface area contributed by atoms with Crippen LogP contribution in [0.15, 0.2) is 229 Å². The second-order valence-corrected chi connectivity index (χ2v) is 19.8. The number of hydrogen-bond donors (Lipinski definition) is 0. The molecule has 67 heavy (non-hydrogen) atoms. The Morgan fingerprint density at radius 2 is 0.925 bits per heavy atom. The van der Waals surface area contributed by atoms with E-state index in [0.29, 0.717) is 0 Å². The number of para-hydroxylation sites is 2. The summed E-state index contributed by atoms with van der Waals surface area (Å²) in [6, 6.07) is 82.9. The number of furan rings is 1. The van der Waals surface area contributed by atoms with Crippen LogP contribution in [0.3, 0.4) is 0 Å². The maximum Gasteiger partial charge on any atom is 0.159 e. The minimum atomic E-state index is -0.602. The van der Waals surface area contributed by atoms with E-state index in [1.54, 1.807) is 0 Å². The Bertz CT molecular complexity index is 3920. The van der Waals surface area contributed by atoms with Gasteiger partial charge in [0.15, 0.2) is 5.58 Å². The van der Waals surface area contributed by atoms with Crippen molar-refractivity contribution in [3.8, 4) is 33.4 Å². The normalized spacial score (nSPS) is 14.1. The zero-order chi connectivity index (χ0) is 44.4. The predicted molar refractivity (Wildman–Crippen MR) is 282 cm³/mol. The summed E-state index contributed by atoms with van der Waals surface area (Å²) >= 11 is 1.87. The van der Waals surface area contributed by atoms with E-state index >= 15 is 0 Å². The van der Waals surface area contributed by atoms with E-state index in [0.717, 1.165) is 44.6 Å². The van der Waals surface area contributed by atoms with Crippen molar-refractivity contribution in [1.29, 1.82) is 0 Å². The third kappa shape index (κ3) is 5.32. The van der Waals surface area contributed by atoms with Crippen LogP contribution in [0.2, 0.25) is 0 Å². The summed E-state index contributed by atoms with van der Waals surface area (Å²) < 4.78 is 10.2. The Balaban J connectivity index is 1.00. The summed E-state index contributed by atoms with van der Waals surface area (Å²) in [4.78, 5) is 2.42. The lowest BCUT2D eigenvalue weighted by Gasteiger charge is -2.33. The predicted octanol–water partition coefficient (Wildman–Crippen LogP) is 17.8. The first-order valence-corrected chi connectivity index (χ1v) is 24.1. The van der Waals surface area contributed by atoms with Gasteiger partial charge in [-0.2, -0.15) is 0 Å². The van der Waals surface area contributed by atoms with E-state index in [-0.39, 0.29) is 5.41 Å². The summed E-state index contributed by atoms with van der Waals surface area (Å²) in [5, 5.41) is 4.81. The molecule has 2 aromatic heterocycles. The number of hydrogen-bond acceptors (Lipinski definition) is 3. The summed E-state index contributed by atoms with van der Waals surface area (Å²) in [6.07, 6.45) is 0. The number of rotatable bonds is 6. The monoisotopic (exact) mass is 873 g/mol. The van der Waals surface area contributed by atoms with Crippen LogP contribution in [0.1, 0.15) is 47.2 Å². The van der Waals surface area contributed by atoms with Gasteiger partial charge in [-0.3, -0.25) is 0 Å². The highest BCUT2D eigenvalue weighted by molar-refractivity contribution is 7.26. The second kappa shape index (κ2) is 14.3. The molecule has 0 radical (unpaired) electrons. The molecule has 14 rings (SSSR count). The van der Waals surface area contributed by atoms with Crippen molar-refractivity contribution < 1.29 is 4.42 Å². The summed E-state index contributed by atoms with van der Waals surface area (Å²) in [6.45, 7) is 4.72. The number of anilines is 3. The fourth-order valence-electron chi connectivity index (χ4n) is 12.0. The molecule has 0 fully saturated rings. The van der Waals surface area contributed by atoms with Crippen LogP contribution in [0.4, 0.5) is 17.1 Å². The minimum absolute atomic E-state index is 0.166. The molecule has 0 spiro atoms. The van der Waals surface area contributed by atoms with Gasteiger partial charge in [0.1, 0.15) is 5.58 Å². The third-order valence-electron chi connectivity index (χ3n) is 15.0. The number of fused-ring (bicyclic) bond motifs is 12. The van der Waals surface area contributed by atoms with Gasteiger partial charge in [0, 0.05) is 53.3 Å². The van der Waals surface area contributed by atoms with Crippen LogP contribution in [0, 0.1) is 0 Å². The largest absolute Gasteiger partial charge is 0.453 e. The van der Waals surface area contributed by atoms with Crippen molar-refractivity contribution in [2.75, 3.05) is 4.90 Å². The average Bonchev–Trinajstić information content (AvgIpc) is 4.11. The molecule has 0 aliphatic heterocycles. The molecule has 0 N–H and O–H groups in total. The van der Waals surface area contributed by atoms with Gasteiger partial charge in [-0.05, 0) is 97.6 Å². The lowest BCUT2D eigenvalue weighted by Crippen LogP contribution is -2.28. The van der Waals surface area contributed by atoms with Crippen molar-refractivity contribution in [3.63, 3.8) is 0 Å². The molecule has 0 saturated heterocycles. The summed E-state index contributed by atoms with van der Waals surface area (Å²) in [5.41, 5.74) is 19.3. The molecule has 2 heterocycles. The average molecular weight is 874 g/mol. The molecule has 10 aromatic carbocycles. The smallest absolute Gasteiger partial charge is 0.159 e. The molecule has 0 bridgehead atoms. The zero-order valence-electron chi connectivity index (χ0n) is 37.1. The van der Waals surface area contributed by atoms with Crippen LogP contribution in [0.25, 0.3) is 75.5 Å². The van der Waals surface area contributed by atoms with E-state index in [2.05, 4.69) is 243 Å². The van der Waals surface area contributed by atoms with E-state index < -0.39 is 5.41 Å². The van der Waals surface area contributed by atoms with Gasteiger partial charge in [-0.25, -0.2) is 0 Å². The van der Waals surface area contributed by atoms with Gasteiger partial charge >= 0.3 is 0 Å². The Morgan fingerprint density at radius 3 is 1.69 bits per heavy atom. The number of nitrogens with zero attached hydrogens (tertiary/aromatic N) is 1. The first kappa shape index (κ1) is 38.3. The van der Waals surface area contributed by atoms with Crippen LogP contribution in [-0.2, 0) is 10.8 Å². The van der Waals surface area contributed by atoms with Gasteiger partial charge in [-0.15, -0.1) is 11.3 Å². The standard InChI is InChI=1S/C64H43NOS/c1-63(2)53-27-10-6-19-45(53)48-38-37-43(39-57(48)63)65(42-35-33-40(34-36-42)44-23-14-26-52-49-22-9-13-32-59(49)67-62(44)52)58-31-16-25-51-50-24-15-30-56(60(50)66-61(51)58)64(41-17-4-3-5-18-41)54-28-11-7-20-46(54)47-21-8-12-29-55(47)64/h3-39H,1-2H3. The molecule has 0 amide bonds. The highest BCUT2D eigenvalue weighted by Gasteiger charge is 2.47. The molecule has 2 nitrogen and oxygen atoms in total. The first-order valence-electron chi connectivity index (χ1n) is 23.2. The molecule has 12 aromatic rings. The molecule has 2 aliphatic rings. The fourth-order valence-corrected chi connectivity index (χ4v) is 13.2. The molecule has 3 heteroatoms. The Labute approximate surface area is 393 Å². The summed E-state index contributed by atoms with van der Waals surface area (Å²) in [5.74, 6) is 0. The summed E-state index contributed by atoms with van der Waals surface area (Å²) in [7, 11) is 0. The van der Waals surface area contributed by atoms with E-state index in [1.165, 1.54) is 81.4 Å². The lowest BCUT2D eigenvalue weighted by atomic mass is 9.67. The Hall–Kier alpha value is -7.98. The van der Waals surface area contributed by atoms with Crippen molar-refractivity contribution in [2.45, 2.75) is 24.7 Å². The van der Waals surface area contributed by atoms with Gasteiger partial charge < -0.3 is 9.32 Å². The maximum atomic E-state index is 7.54. The number of benzene rings is 10. The van der Waals surface area contributed by atoms with Crippen molar-refractivity contribution >= 4 is 70.5 Å². The maximum absolute atomic E-state index is 7.54. The molecular formula is C64H43NOS. The van der Waals surface area contributed by atoms with Crippen LogP contribution in [-0.4, -0.2) is 0 Å². The van der Waals surface area contributed by atoms with E-state index in [1.807, 2.05) is 11.3 Å². The second-order valence-electron chi connectivity index (χ2n) is 18.7. The topological polar surface area (TPSA) is 16.4 Å². The number of thiophene rings is 1. The molecular weight excluding hydrogens is 831 g/mol. The first-order chi connectivity index (χ1) is 33.0. The van der Waals surface area contributed by atoms with Gasteiger partial charge in [-0.1, -0.05) is 202 Å². The molecule has 316 valence electrons. The van der Waals surface area contributed by atoms with Crippen molar-refractivity contribution in [1.82, 2.24) is 0 Å². The molecule has 0 atom stereocenters. The zero-order valence-corrected chi connectivity index (χ0v) is 37.9. The van der Waals surface area contributed by atoms with Crippen LogP contribution in [0.5, 0.6) is 0 Å².